The molecule has 0 aromatic heterocycles. The molecule has 20 heavy (non-hydrogen) atoms. The summed E-state index contributed by atoms with van der Waals surface area (Å²) in [6.07, 6.45) is 0. The Balaban J connectivity index is 1.91. The largest absolute Gasteiger partial charge is 0.457 e. The molecule has 104 valence electrons. The first kappa shape index (κ1) is 13.8. The molecule has 2 amide bonds. The number of benzene rings is 2. The van der Waals surface area contributed by atoms with E-state index >= 15 is 0 Å². The highest BCUT2D eigenvalue weighted by atomic mass is 19.1. The van der Waals surface area contributed by atoms with E-state index in [0.29, 0.717) is 18.0 Å². The number of nitrogens with two attached hydrogens (primary N) is 1. The molecule has 0 aliphatic rings. The van der Waals surface area contributed by atoms with Crippen LogP contribution in [0.5, 0.6) is 11.5 Å². The van der Waals surface area contributed by atoms with Crippen LogP contribution < -0.4 is 21.3 Å². The summed E-state index contributed by atoms with van der Waals surface area (Å²) in [4.78, 5) is 10.5. The van der Waals surface area contributed by atoms with Gasteiger partial charge in [-0.15, -0.1) is 0 Å². The minimum absolute atomic E-state index is 0.305. The van der Waals surface area contributed by atoms with Crippen molar-refractivity contribution in [2.75, 3.05) is 0 Å². The van der Waals surface area contributed by atoms with E-state index in [4.69, 9.17) is 10.5 Å². The fraction of sp³-hybridized carbons (Fsp3) is 0.0714. The van der Waals surface area contributed by atoms with Crippen molar-refractivity contribution in [3.05, 3.63) is 59.9 Å². The summed E-state index contributed by atoms with van der Waals surface area (Å²) in [5.41, 5.74) is 10.8. The zero-order valence-electron chi connectivity index (χ0n) is 10.6. The lowest BCUT2D eigenvalue weighted by molar-refractivity contribution is 0.244. The highest BCUT2D eigenvalue weighted by Gasteiger charge is 1.99. The predicted molar refractivity (Wildman–Crippen MR) is 72.5 cm³/mol. The van der Waals surface area contributed by atoms with Gasteiger partial charge in [0.25, 0.3) is 0 Å². The zero-order valence-corrected chi connectivity index (χ0v) is 10.6. The van der Waals surface area contributed by atoms with Crippen LogP contribution in [0.25, 0.3) is 0 Å². The van der Waals surface area contributed by atoms with Crippen molar-refractivity contribution >= 4 is 6.03 Å². The van der Waals surface area contributed by atoms with Crippen molar-refractivity contribution in [1.82, 2.24) is 10.9 Å². The van der Waals surface area contributed by atoms with Gasteiger partial charge >= 0.3 is 6.03 Å². The average molecular weight is 275 g/mol. The smallest absolute Gasteiger partial charge is 0.326 e. The van der Waals surface area contributed by atoms with Gasteiger partial charge in [-0.25, -0.2) is 14.6 Å². The fourth-order valence-corrected chi connectivity index (χ4v) is 1.55. The Labute approximate surface area is 115 Å². The Morgan fingerprint density at radius 1 is 1.05 bits per heavy atom. The second-order valence-electron chi connectivity index (χ2n) is 4.04. The van der Waals surface area contributed by atoms with E-state index in [-0.39, 0.29) is 5.82 Å². The van der Waals surface area contributed by atoms with Gasteiger partial charge < -0.3 is 10.5 Å². The summed E-state index contributed by atoms with van der Waals surface area (Å²) in [5.74, 6) is 0.900. The van der Waals surface area contributed by atoms with Crippen LogP contribution in [0.1, 0.15) is 5.56 Å². The number of halogens is 1. The van der Waals surface area contributed by atoms with Gasteiger partial charge in [0.2, 0.25) is 0 Å². The van der Waals surface area contributed by atoms with Crippen molar-refractivity contribution in [3.63, 3.8) is 0 Å². The topological polar surface area (TPSA) is 76.4 Å². The van der Waals surface area contributed by atoms with Gasteiger partial charge in [0.1, 0.15) is 17.3 Å². The molecular formula is C14H14FN3O2. The quantitative estimate of drug-likeness (QED) is 0.733. The van der Waals surface area contributed by atoms with Crippen LogP contribution in [-0.4, -0.2) is 6.03 Å². The lowest BCUT2D eigenvalue weighted by Gasteiger charge is -2.07. The molecule has 0 saturated heterocycles. The molecule has 6 heteroatoms. The third-order valence-electron chi connectivity index (χ3n) is 2.48. The van der Waals surface area contributed by atoms with Crippen molar-refractivity contribution in [3.8, 4) is 11.5 Å². The second-order valence-corrected chi connectivity index (χ2v) is 4.04. The lowest BCUT2D eigenvalue weighted by atomic mass is 10.2. The molecule has 0 radical (unpaired) electrons. The summed E-state index contributed by atoms with van der Waals surface area (Å²) < 4.78 is 18.3. The van der Waals surface area contributed by atoms with Crippen molar-refractivity contribution in [2.45, 2.75) is 6.54 Å². The van der Waals surface area contributed by atoms with Gasteiger partial charge in [0.05, 0.1) is 0 Å². The van der Waals surface area contributed by atoms with Crippen LogP contribution in [0.15, 0.2) is 48.5 Å². The number of amides is 2. The second kappa shape index (κ2) is 6.53. The Morgan fingerprint density at radius 2 is 1.60 bits per heavy atom. The molecule has 2 aromatic carbocycles. The standard InChI is InChI=1S/C14H14FN3O2/c15-11-3-7-13(8-4-11)20-12-5-1-10(2-6-12)9-17-18-14(16)19/h1-8,17H,9H2,(H3,16,18,19). The van der Waals surface area contributed by atoms with E-state index in [1.165, 1.54) is 12.1 Å². The maximum Gasteiger partial charge on any atom is 0.326 e. The number of hydrazine groups is 1. The van der Waals surface area contributed by atoms with E-state index in [1.807, 2.05) is 12.1 Å². The monoisotopic (exact) mass is 275 g/mol. The molecule has 0 spiro atoms. The number of hydrogen-bond acceptors (Lipinski definition) is 3. The highest BCUT2D eigenvalue weighted by Crippen LogP contribution is 2.21. The Bertz CT molecular complexity index is 570. The normalized spacial score (nSPS) is 10.1. The minimum Gasteiger partial charge on any atom is -0.457 e. The Hall–Kier alpha value is -2.60. The highest BCUT2D eigenvalue weighted by molar-refractivity contribution is 5.70. The van der Waals surface area contributed by atoms with E-state index in [1.54, 1.807) is 24.3 Å². The molecule has 0 atom stereocenters. The first-order valence-electron chi connectivity index (χ1n) is 5.94. The lowest BCUT2D eigenvalue weighted by Crippen LogP contribution is -2.40. The summed E-state index contributed by atoms with van der Waals surface area (Å²) in [5, 5.41) is 0. The molecule has 4 N–H and O–H groups in total. The van der Waals surface area contributed by atoms with E-state index in [0.717, 1.165) is 5.56 Å². The Morgan fingerprint density at radius 3 is 2.15 bits per heavy atom. The molecule has 0 heterocycles. The molecule has 0 bridgehead atoms. The van der Waals surface area contributed by atoms with E-state index in [9.17, 15) is 9.18 Å². The van der Waals surface area contributed by atoms with Crippen LogP contribution in [0.2, 0.25) is 0 Å². The van der Waals surface area contributed by atoms with Crippen LogP contribution in [0.3, 0.4) is 0 Å². The first-order chi connectivity index (χ1) is 9.63. The molecule has 0 unspecified atom stereocenters. The fourth-order valence-electron chi connectivity index (χ4n) is 1.55. The number of hydrogen-bond donors (Lipinski definition) is 3. The molecular weight excluding hydrogens is 261 g/mol. The molecule has 2 aromatic rings. The zero-order chi connectivity index (χ0) is 14.4. The number of rotatable bonds is 5. The van der Waals surface area contributed by atoms with E-state index < -0.39 is 6.03 Å². The number of carbonyl (C=O) groups excluding carboxylic acids is 1. The molecule has 0 fully saturated rings. The summed E-state index contributed by atoms with van der Waals surface area (Å²) in [6, 6.07) is 12.4. The molecule has 2 rings (SSSR count). The summed E-state index contributed by atoms with van der Waals surface area (Å²) >= 11 is 0. The first-order valence-corrected chi connectivity index (χ1v) is 5.94. The number of ether oxygens (including phenoxy) is 1. The van der Waals surface area contributed by atoms with Crippen LogP contribution in [0, 0.1) is 5.82 Å². The molecule has 0 aliphatic carbocycles. The Kier molecular flexibility index (Phi) is 4.52. The maximum atomic E-state index is 12.8. The minimum atomic E-state index is -0.638. The third-order valence-corrected chi connectivity index (χ3v) is 2.48. The van der Waals surface area contributed by atoms with Gasteiger partial charge in [0.15, 0.2) is 0 Å². The van der Waals surface area contributed by atoms with Crippen LogP contribution in [0.4, 0.5) is 9.18 Å². The number of carbonyl (C=O) groups is 1. The third kappa shape index (κ3) is 4.25. The van der Waals surface area contributed by atoms with Gasteiger partial charge in [-0.2, -0.15) is 0 Å². The number of nitrogens with one attached hydrogen (secondary N) is 2. The van der Waals surface area contributed by atoms with Gasteiger partial charge in [0, 0.05) is 6.54 Å². The number of primary amides is 1. The maximum absolute atomic E-state index is 12.8. The van der Waals surface area contributed by atoms with E-state index in [2.05, 4.69) is 10.9 Å². The van der Waals surface area contributed by atoms with Gasteiger partial charge in [-0.1, -0.05) is 12.1 Å². The predicted octanol–water partition coefficient (Wildman–Crippen LogP) is 2.29. The molecule has 0 saturated carbocycles. The van der Waals surface area contributed by atoms with Crippen molar-refractivity contribution in [2.24, 2.45) is 5.73 Å². The van der Waals surface area contributed by atoms with Gasteiger partial charge in [-0.05, 0) is 42.0 Å². The SMILES string of the molecule is NC(=O)NNCc1ccc(Oc2ccc(F)cc2)cc1. The van der Waals surface area contributed by atoms with Crippen LogP contribution in [-0.2, 0) is 6.54 Å². The van der Waals surface area contributed by atoms with Crippen LogP contribution >= 0.6 is 0 Å². The average Bonchev–Trinajstić information content (AvgIpc) is 2.43. The summed E-state index contributed by atoms with van der Waals surface area (Å²) in [7, 11) is 0. The van der Waals surface area contributed by atoms with Gasteiger partial charge in [-0.3, -0.25) is 5.43 Å². The molecule has 5 nitrogen and oxygen atoms in total. The van der Waals surface area contributed by atoms with Crippen molar-refractivity contribution < 1.29 is 13.9 Å². The van der Waals surface area contributed by atoms with Crippen molar-refractivity contribution in [1.29, 1.82) is 0 Å². The summed E-state index contributed by atoms with van der Waals surface area (Å²) in [6.45, 7) is 0.444. The molecule has 0 aliphatic heterocycles. The number of urea groups is 1.